The van der Waals surface area contributed by atoms with Crippen LogP contribution in [0, 0.1) is 27.7 Å². The third-order valence-corrected chi connectivity index (χ3v) is 9.25. The Hall–Kier alpha value is -4.82. The zero-order valence-corrected chi connectivity index (χ0v) is 25.1. The monoisotopic (exact) mass is 542 g/mol. The van der Waals surface area contributed by atoms with Crippen LogP contribution >= 0.6 is 0 Å². The van der Waals surface area contributed by atoms with Crippen molar-refractivity contribution in [2.75, 3.05) is 0 Å². The Kier molecular flexibility index (Phi) is 5.25. The van der Waals surface area contributed by atoms with E-state index in [1.165, 1.54) is 98.9 Å². The lowest BCUT2D eigenvalue weighted by atomic mass is 9.96. The molecule has 0 N–H and O–H groups in total. The highest BCUT2D eigenvalue weighted by Gasteiger charge is 2.17. The van der Waals surface area contributed by atoms with Crippen LogP contribution in [0.25, 0.3) is 76.6 Å². The van der Waals surface area contributed by atoms with Crippen molar-refractivity contribution in [3.05, 3.63) is 119 Å². The van der Waals surface area contributed by atoms with E-state index >= 15 is 0 Å². The first-order chi connectivity index (χ1) is 20.3. The molecule has 0 unspecified atom stereocenters. The number of aromatic nitrogens is 2. The van der Waals surface area contributed by atoms with E-state index in [4.69, 9.17) is 0 Å². The number of hydrogen-bond acceptors (Lipinski definition) is 0. The highest BCUT2D eigenvalue weighted by atomic mass is 14.9. The van der Waals surface area contributed by atoms with Crippen molar-refractivity contribution < 1.29 is 0 Å². The maximum absolute atomic E-state index is 2.36. The summed E-state index contributed by atoms with van der Waals surface area (Å²) in [7, 11) is 4.40. The zero-order chi connectivity index (χ0) is 28.9. The summed E-state index contributed by atoms with van der Waals surface area (Å²) in [5, 5.41) is 7.92. The van der Waals surface area contributed by atoms with Gasteiger partial charge in [-0.05, 0) is 85.0 Å². The zero-order valence-electron chi connectivity index (χ0n) is 25.1. The second kappa shape index (κ2) is 8.84. The molecule has 0 spiro atoms. The Labute approximate surface area is 246 Å². The van der Waals surface area contributed by atoms with Gasteiger partial charge >= 0.3 is 0 Å². The lowest BCUT2D eigenvalue weighted by Gasteiger charge is -2.07. The topological polar surface area (TPSA) is 9.86 Å². The maximum Gasteiger partial charge on any atom is 0.0495 e. The maximum atomic E-state index is 2.36. The Balaban J connectivity index is 1.38. The SMILES string of the molecule is Cc1cc(C)cc(-c2ccc3c4c5ccc6c(c5ccc4n(C)c3c2)c2ccc(-c3cc(C)cc(C)c3)cc2n6C)c1. The van der Waals surface area contributed by atoms with Crippen molar-refractivity contribution in [1.82, 2.24) is 9.13 Å². The lowest BCUT2D eigenvalue weighted by Crippen LogP contribution is -1.88. The van der Waals surface area contributed by atoms with Crippen molar-refractivity contribution in [3.63, 3.8) is 0 Å². The summed E-state index contributed by atoms with van der Waals surface area (Å²) in [5.74, 6) is 0. The molecule has 204 valence electrons. The van der Waals surface area contributed by atoms with Crippen LogP contribution in [0.1, 0.15) is 22.3 Å². The molecular formula is C40H34N2. The quantitative estimate of drug-likeness (QED) is 0.206. The van der Waals surface area contributed by atoms with E-state index < -0.39 is 0 Å². The summed E-state index contributed by atoms with van der Waals surface area (Å²) in [6.07, 6.45) is 0. The van der Waals surface area contributed by atoms with Gasteiger partial charge < -0.3 is 9.13 Å². The minimum Gasteiger partial charge on any atom is -0.344 e. The van der Waals surface area contributed by atoms with Crippen molar-refractivity contribution in [2.45, 2.75) is 27.7 Å². The van der Waals surface area contributed by atoms with Gasteiger partial charge in [0.05, 0.1) is 0 Å². The van der Waals surface area contributed by atoms with Gasteiger partial charge in [-0.15, -0.1) is 0 Å². The van der Waals surface area contributed by atoms with Gasteiger partial charge in [0, 0.05) is 57.7 Å². The molecule has 0 saturated carbocycles. The molecule has 2 heterocycles. The number of benzene rings is 6. The second-order valence-corrected chi connectivity index (χ2v) is 12.3. The summed E-state index contributed by atoms with van der Waals surface area (Å²) in [5.41, 5.74) is 15.4. The molecule has 0 amide bonds. The molecule has 0 radical (unpaired) electrons. The van der Waals surface area contributed by atoms with Crippen molar-refractivity contribution >= 4 is 54.4 Å². The molecule has 2 aromatic heterocycles. The van der Waals surface area contributed by atoms with Crippen LogP contribution < -0.4 is 0 Å². The fraction of sp³-hybridized carbons (Fsp3) is 0.150. The van der Waals surface area contributed by atoms with E-state index in [2.05, 4.69) is 148 Å². The minimum atomic E-state index is 1.26. The normalized spacial score (nSPS) is 12.0. The average Bonchev–Trinajstić information content (AvgIpc) is 3.42. The van der Waals surface area contributed by atoms with Crippen molar-refractivity contribution in [1.29, 1.82) is 0 Å². The van der Waals surface area contributed by atoms with E-state index in [0.29, 0.717) is 0 Å². The fourth-order valence-electron chi connectivity index (χ4n) is 7.45. The summed E-state index contributed by atoms with van der Waals surface area (Å²) in [6, 6.07) is 36.9. The Bertz CT molecular complexity index is 2200. The van der Waals surface area contributed by atoms with Gasteiger partial charge in [-0.1, -0.05) is 95.1 Å². The molecule has 0 atom stereocenters. The van der Waals surface area contributed by atoms with E-state index in [1.807, 2.05) is 0 Å². The van der Waals surface area contributed by atoms with Gasteiger partial charge in [-0.25, -0.2) is 0 Å². The van der Waals surface area contributed by atoms with Gasteiger partial charge in [0.25, 0.3) is 0 Å². The molecule has 0 bridgehead atoms. The molecule has 6 aromatic carbocycles. The standard InChI is InChI=1S/C40H34N2/c1-23-15-24(2)18-29(17-23)27-7-9-33-37(21-27)41(5)35-13-11-32-31(39(33)35)12-14-36-40(32)34-10-8-28(22-38(34)42(36)6)30-19-25(3)16-26(4)20-30/h7-22H,1-6H3. The summed E-state index contributed by atoms with van der Waals surface area (Å²) in [6.45, 7) is 8.71. The van der Waals surface area contributed by atoms with Gasteiger partial charge in [-0.3, -0.25) is 0 Å². The largest absolute Gasteiger partial charge is 0.344 e. The van der Waals surface area contributed by atoms with Crippen LogP contribution in [0.2, 0.25) is 0 Å². The molecular weight excluding hydrogens is 508 g/mol. The summed E-state index contributed by atoms with van der Waals surface area (Å²) < 4.78 is 4.72. The minimum absolute atomic E-state index is 1.26. The Morgan fingerprint density at radius 2 is 0.690 bits per heavy atom. The first-order valence-corrected chi connectivity index (χ1v) is 14.8. The third kappa shape index (κ3) is 3.58. The van der Waals surface area contributed by atoms with E-state index in [1.54, 1.807) is 0 Å². The van der Waals surface area contributed by atoms with Gasteiger partial charge in [-0.2, -0.15) is 0 Å². The third-order valence-electron chi connectivity index (χ3n) is 9.25. The van der Waals surface area contributed by atoms with Crippen LogP contribution in [0.15, 0.2) is 97.1 Å². The molecule has 0 aliphatic heterocycles. The molecule has 0 aliphatic carbocycles. The molecule has 2 heteroatoms. The first kappa shape index (κ1) is 24.9. The molecule has 0 fully saturated rings. The first-order valence-electron chi connectivity index (χ1n) is 14.8. The number of fused-ring (bicyclic) bond motifs is 9. The fourth-order valence-corrected chi connectivity index (χ4v) is 7.45. The van der Waals surface area contributed by atoms with Gasteiger partial charge in [0.15, 0.2) is 0 Å². The molecule has 2 nitrogen and oxygen atoms in total. The second-order valence-electron chi connectivity index (χ2n) is 12.3. The van der Waals surface area contributed by atoms with Crippen LogP contribution in [-0.4, -0.2) is 9.13 Å². The Morgan fingerprint density at radius 3 is 1.07 bits per heavy atom. The molecule has 0 saturated heterocycles. The molecule has 42 heavy (non-hydrogen) atoms. The van der Waals surface area contributed by atoms with Crippen LogP contribution in [0.4, 0.5) is 0 Å². The molecule has 0 aliphatic rings. The number of hydrogen-bond donors (Lipinski definition) is 0. The summed E-state index contributed by atoms with van der Waals surface area (Å²) in [4.78, 5) is 0. The highest BCUT2D eigenvalue weighted by molar-refractivity contribution is 6.29. The van der Waals surface area contributed by atoms with Crippen LogP contribution in [0.3, 0.4) is 0 Å². The van der Waals surface area contributed by atoms with E-state index in [-0.39, 0.29) is 0 Å². The number of aryl methyl sites for hydroxylation is 6. The van der Waals surface area contributed by atoms with E-state index in [9.17, 15) is 0 Å². The lowest BCUT2D eigenvalue weighted by molar-refractivity contribution is 1.01. The van der Waals surface area contributed by atoms with Crippen LogP contribution in [-0.2, 0) is 14.1 Å². The Morgan fingerprint density at radius 1 is 0.333 bits per heavy atom. The predicted octanol–water partition coefficient (Wildman–Crippen LogP) is 10.7. The molecule has 8 aromatic rings. The smallest absolute Gasteiger partial charge is 0.0495 e. The number of rotatable bonds is 2. The number of nitrogens with zero attached hydrogens (tertiary/aromatic N) is 2. The summed E-state index contributed by atoms with van der Waals surface area (Å²) >= 11 is 0. The van der Waals surface area contributed by atoms with Crippen molar-refractivity contribution in [3.8, 4) is 22.3 Å². The van der Waals surface area contributed by atoms with Gasteiger partial charge in [0.1, 0.15) is 0 Å². The van der Waals surface area contributed by atoms with Crippen molar-refractivity contribution in [2.24, 2.45) is 14.1 Å². The predicted molar refractivity (Wildman–Crippen MR) is 182 cm³/mol. The van der Waals surface area contributed by atoms with Gasteiger partial charge in [0.2, 0.25) is 0 Å². The van der Waals surface area contributed by atoms with Crippen LogP contribution in [0.5, 0.6) is 0 Å². The average molecular weight is 543 g/mol. The van der Waals surface area contributed by atoms with E-state index in [0.717, 1.165) is 0 Å². The molecule has 8 rings (SSSR count). The highest BCUT2D eigenvalue weighted by Crippen LogP contribution is 2.41.